The van der Waals surface area contributed by atoms with Crippen LogP contribution in [-0.4, -0.2) is 81.6 Å². The number of carbonyl (C=O) groups is 2. The van der Waals surface area contributed by atoms with Gasteiger partial charge in [-0.05, 0) is 81.3 Å². The van der Waals surface area contributed by atoms with Crippen LogP contribution in [0.3, 0.4) is 0 Å². The van der Waals surface area contributed by atoms with Crippen LogP contribution in [0.1, 0.15) is 37.8 Å². The van der Waals surface area contributed by atoms with Gasteiger partial charge in [0.15, 0.2) is 0 Å². The Morgan fingerprint density at radius 1 is 1.05 bits per heavy atom. The number of amides is 3. The summed E-state index contributed by atoms with van der Waals surface area (Å²) in [7, 11) is 0. The Morgan fingerprint density at radius 3 is 2.39 bits per heavy atom. The summed E-state index contributed by atoms with van der Waals surface area (Å²) < 4.78 is 1.49. The summed E-state index contributed by atoms with van der Waals surface area (Å²) in [4.78, 5) is 45.3. The van der Waals surface area contributed by atoms with Crippen molar-refractivity contribution < 1.29 is 9.59 Å². The first-order chi connectivity index (χ1) is 18.1. The lowest BCUT2D eigenvalue weighted by Gasteiger charge is -2.37. The highest BCUT2D eigenvalue weighted by atomic mass is 16.2. The number of hydrogen-bond acceptors (Lipinski definition) is 7. The molecule has 0 bridgehead atoms. The molecule has 204 valence electrons. The fourth-order valence-corrected chi connectivity index (χ4v) is 5.56. The van der Waals surface area contributed by atoms with Gasteiger partial charge >= 0.3 is 11.7 Å². The fourth-order valence-electron chi connectivity index (χ4n) is 5.56. The third-order valence-corrected chi connectivity index (χ3v) is 7.81. The number of urea groups is 1. The number of rotatable bonds is 6. The molecule has 3 aliphatic rings. The zero-order chi connectivity index (χ0) is 27.0. The zero-order valence-corrected chi connectivity index (χ0v) is 22.2. The normalized spacial score (nSPS) is 23.1. The van der Waals surface area contributed by atoms with Crippen LogP contribution in [0.4, 0.5) is 10.6 Å². The second-order valence-corrected chi connectivity index (χ2v) is 11.5. The predicted molar refractivity (Wildman–Crippen MR) is 145 cm³/mol. The molecule has 1 atom stereocenters. The molecule has 38 heavy (non-hydrogen) atoms. The van der Waals surface area contributed by atoms with Crippen molar-refractivity contribution in [1.82, 2.24) is 24.7 Å². The van der Waals surface area contributed by atoms with Gasteiger partial charge in [0.05, 0.1) is 11.2 Å². The highest BCUT2D eigenvalue weighted by Crippen LogP contribution is 2.27. The van der Waals surface area contributed by atoms with Crippen molar-refractivity contribution in [3.05, 3.63) is 52.1 Å². The number of piperazine rings is 1. The zero-order valence-electron chi connectivity index (χ0n) is 22.2. The number of carbonyl (C=O) groups excluding carboxylic acids is 2. The van der Waals surface area contributed by atoms with E-state index in [1.807, 2.05) is 6.07 Å². The summed E-state index contributed by atoms with van der Waals surface area (Å²) in [6.45, 7) is 5.93. The quantitative estimate of drug-likeness (QED) is 0.430. The Morgan fingerprint density at radius 2 is 1.74 bits per heavy atom. The molecule has 2 aliphatic carbocycles. The summed E-state index contributed by atoms with van der Waals surface area (Å²) in [5, 5.41) is 6.39. The molecule has 11 heteroatoms. The molecule has 1 saturated heterocycles. The SMILES string of the molecule is CC(C)(N)C(=O)N1CCN(C(=O)Nc2ccn(-c3ccc4c(c3)CC(NC[C@H]3C[C@H](N)C3)C4)c(=O)n2)CC1. The minimum absolute atomic E-state index is 0.139. The Hall–Kier alpha value is -3.28. The van der Waals surface area contributed by atoms with Gasteiger partial charge < -0.3 is 26.6 Å². The number of fused-ring (bicyclic) bond motifs is 1. The first-order valence-electron chi connectivity index (χ1n) is 13.4. The van der Waals surface area contributed by atoms with Gasteiger partial charge in [-0.3, -0.25) is 14.7 Å². The summed E-state index contributed by atoms with van der Waals surface area (Å²) in [5.41, 5.74) is 13.7. The molecule has 11 nitrogen and oxygen atoms in total. The number of nitrogens with one attached hydrogen (secondary N) is 2. The molecule has 2 heterocycles. The number of anilines is 1. The average molecular weight is 523 g/mol. The van der Waals surface area contributed by atoms with E-state index in [4.69, 9.17) is 11.5 Å². The standard InChI is InChI=1S/C27H38N8O3/c1-27(2,29)24(36)33-7-9-34(10-8-33)25(37)31-23-5-6-35(26(38)32-23)22-4-3-18-13-21(14-19(18)15-22)30-16-17-11-20(28)12-17/h3-6,15,17,20-21,30H,7-14,16,28-29H2,1-2H3,(H,31,32,37,38)/t17-,20-,21?. The van der Waals surface area contributed by atoms with E-state index in [-0.39, 0.29) is 17.8 Å². The lowest BCUT2D eigenvalue weighted by atomic mass is 9.81. The van der Waals surface area contributed by atoms with Crippen molar-refractivity contribution in [2.75, 3.05) is 38.0 Å². The van der Waals surface area contributed by atoms with E-state index in [0.29, 0.717) is 44.2 Å². The van der Waals surface area contributed by atoms with Crippen LogP contribution in [-0.2, 0) is 17.6 Å². The van der Waals surface area contributed by atoms with Crippen LogP contribution in [0.15, 0.2) is 35.3 Å². The smallest absolute Gasteiger partial charge is 0.338 e. The Balaban J connectivity index is 1.16. The molecule has 2 aromatic rings. The van der Waals surface area contributed by atoms with Crippen molar-refractivity contribution >= 4 is 17.8 Å². The van der Waals surface area contributed by atoms with Gasteiger partial charge in [-0.1, -0.05) is 6.07 Å². The second-order valence-electron chi connectivity index (χ2n) is 11.5. The van der Waals surface area contributed by atoms with E-state index in [9.17, 15) is 14.4 Å². The summed E-state index contributed by atoms with van der Waals surface area (Å²) in [6, 6.07) is 8.13. The maximum atomic E-state index is 12.8. The Kier molecular flexibility index (Phi) is 7.26. The van der Waals surface area contributed by atoms with Gasteiger partial charge in [0.2, 0.25) is 5.91 Å². The van der Waals surface area contributed by atoms with Gasteiger partial charge in [0.25, 0.3) is 0 Å². The van der Waals surface area contributed by atoms with E-state index in [1.54, 1.807) is 35.9 Å². The molecule has 2 fully saturated rings. The molecule has 1 saturated carbocycles. The molecule has 1 unspecified atom stereocenters. The van der Waals surface area contributed by atoms with Gasteiger partial charge in [-0.2, -0.15) is 4.98 Å². The average Bonchev–Trinajstić information content (AvgIpc) is 3.27. The highest BCUT2D eigenvalue weighted by molar-refractivity contribution is 5.89. The van der Waals surface area contributed by atoms with Crippen LogP contribution in [0.25, 0.3) is 5.69 Å². The first-order valence-corrected chi connectivity index (χ1v) is 13.4. The van der Waals surface area contributed by atoms with E-state index in [2.05, 4.69) is 27.8 Å². The third-order valence-electron chi connectivity index (χ3n) is 7.81. The van der Waals surface area contributed by atoms with Gasteiger partial charge in [0, 0.05) is 44.5 Å². The molecular formula is C27H38N8O3. The molecule has 3 amide bonds. The highest BCUT2D eigenvalue weighted by Gasteiger charge is 2.31. The lowest BCUT2D eigenvalue weighted by molar-refractivity contribution is -0.137. The van der Waals surface area contributed by atoms with E-state index in [0.717, 1.165) is 37.9 Å². The summed E-state index contributed by atoms with van der Waals surface area (Å²) in [5.74, 6) is 0.740. The van der Waals surface area contributed by atoms with Crippen molar-refractivity contribution in [2.45, 2.75) is 57.2 Å². The van der Waals surface area contributed by atoms with Crippen LogP contribution < -0.4 is 27.8 Å². The van der Waals surface area contributed by atoms with E-state index in [1.165, 1.54) is 15.7 Å². The van der Waals surface area contributed by atoms with Crippen molar-refractivity contribution in [3.63, 3.8) is 0 Å². The van der Waals surface area contributed by atoms with Crippen molar-refractivity contribution in [1.29, 1.82) is 0 Å². The van der Waals surface area contributed by atoms with Gasteiger partial charge in [-0.25, -0.2) is 9.59 Å². The largest absolute Gasteiger partial charge is 0.354 e. The Bertz CT molecular complexity index is 1260. The van der Waals surface area contributed by atoms with Crippen LogP contribution in [0.2, 0.25) is 0 Å². The molecule has 0 radical (unpaired) electrons. The van der Waals surface area contributed by atoms with E-state index >= 15 is 0 Å². The molecule has 1 aromatic carbocycles. The minimum Gasteiger partial charge on any atom is -0.338 e. The molecule has 0 spiro atoms. The van der Waals surface area contributed by atoms with Crippen molar-refractivity contribution in [2.24, 2.45) is 17.4 Å². The van der Waals surface area contributed by atoms with Crippen LogP contribution in [0, 0.1) is 5.92 Å². The first kappa shape index (κ1) is 26.3. The fraction of sp³-hybridized carbons (Fsp3) is 0.556. The Labute approximate surface area is 222 Å². The van der Waals surface area contributed by atoms with E-state index < -0.39 is 11.2 Å². The number of nitrogens with two attached hydrogens (primary N) is 2. The summed E-state index contributed by atoms with van der Waals surface area (Å²) >= 11 is 0. The molecule has 1 aromatic heterocycles. The third kappa shape index (κ3) is 5.74. The monoisotopic (exact) mass is 522 g/mol. The van der Waals surface area contributed by atoms with Gasteiger partial charge in [0.1, 0.15) is 5.82 Å². The molecular weight excluding hydrogens is 484 g/mol. The lowest BCUT2D eigenvalue weighted by Crippen LogP contribution is -2.58. The number of hydrogen-bond donors (Lipinski definition) is 4. The number of nitrogens with zero attached hydrogens (tertiary/aromatic N) is 4. The minimum atomic E-state index is -0.944. The van der Waals surface area contributed by atoms with Crippen molar-refractivity contribution in [3.8, 4) is 5.69 Å². The molecule has 5 rings (SSSR count). The maximum absolute atomic E-state index is 12.8. The van der Waals surface area contributed by atoms with Crippen LogP contribution >= 0.6 is 0 Å². The predicted octanol–water partition coefficient (Wildman–Crippen LogP) is 0.440. The number of aromatic nitrogens is 2. The number of benzene rings is 1. The van der Waals surface area contributed by atoms with Gasteiger partial charge in [-0.15, -0.1) is 0 Å². The second kappa shape index (κ2) is 10.5. The maximum Gasteiger partial charge on any atom is 0.354 e. The summed E-state index contributed by atoms with van der Waals surface area (Å²) in [6.07, 6.45) is 5.76. The molecule has 6 N–H and O–H groups in total. The molecule has 1 aliphatic heterocycles. The van der Waals surface area contributed by atoms with Crippen LogP contribution in [0.5, 0.6) is 0 Å². The topological polar surface area (TPSA) is 152 Å².